The van der Waals surface area contributed by atoms with E-state index < -0.39 is 18.8 Å². The highest BCUT2D eigenvalue weighted by molar-refractivity contribution is 5.97. The Balaban J connectivity index is 2.24. The summed E-state index contributed by atoms with van der Waals surface area (Å²) >= 11 is 0. The largest absolute Gasteiger partial charge is 0.335 e. The van der Waals surface area contributed by atoms with Crippen molar-refractivity contribution in [1.82, 2.24) is 4.90 Å². The second-order valence-corrected chi connectivity index (χ2v) is 5.43. The standard InChI is InChI=1S/C20H16F3N/c1-14-11-12-16(15-7-3-2-4-8-15)20(24(14)13-19(22)23)17-9-5-6-10-18(17)21/h2-12,19H,1,13H2. The maximum absolute atomic E-state index is 14.4. The SMILES string of the molecule is C=C1C=CC(c2ccccc2)=C(c2ccccc2F)N1CC(F)F. The van der Waals surface area contributed by atoms with Crippen LogP contribution in [0.15, 0.2) is 79.0 Å². The summed E-state index contributed by atoms with van der Waals surface area (Å²) < 4.78 is 40.6. The highest BCUT2D eigenvalue weighted by Crippen LogP contribution is 2.37. The fraction of sp³-hybridized carbons (Fsp3) is 0.100. The zero-order chi connectivity index (χ0) is 17.1. The quantitative estimate of drug-likeness (QED) is 0.732. The average Bonchev–Trinajstić information content (AvgIpc) is 2.58. The molecule has 2 aromatic rings. The molecule has 4 heteroatoms. The Labute approximate surface area is 139 Å². The van der Waals surface area contributed by atoms with Gasteiger partial charge in [0.15, 0.2) is 0 Å². The average molecular weight is 327 g/mol. The molecule has 122 valence electrons. The predicted octanol–water partition coefficient (Wildman–Crippen LogP) is 5.34. The van der Waals surface area contributed by atoms with Gasteiger partial charge in [0.1, 0.15) is 5.82 Å². The smallest absolute Gasteiger partial charge is 0.256 e. The van der Waals surface area contributed by atoms with E-state index in [-0.39, 0.29) is 5.56 Å². The third-order valence-corrected chi connectivity index (χ3v) is 3.85. The van der Waals surface area contributed by atoms with Crippen molar-refractivity contribution in [1.29, 1.82) is 0 Å². The van der Waals surface area contributed by atoms with E-state index >= 15 is 0 Å². The van der Waals surface area contributed by atoms with Crippen LogP contribution >= 0.6 is 0 Å². The Morgan fingerprint density at radius 2 is 1.58 bits per heavy atom. The van der Waals surface area contributed by atoms with Crippen molar-refractivity contribution in [3.63, 3.8) is 0 Å². The van der Waals surface area contributed by atoms with Crippen molar-refractivity contribution in [2.45, 2.75) is 6.43 Å². The summed E-state index contributed by atoms with van der Waals surface area (Å²) in [7, 11) is 0. The number of benzene rings is 2. The van der Waals surface area contributed by atoms with Gasteiger partial charge in [-0.2, -0.15) is 0 Å². The van der Waals surface area contributed by atoms with Crippen molar-refractivity contribution in [2.24, 2.45) is 0 Å². The van der Waals surface area contributed by atoms with Crippen LogP contribution in [0, 0.1) is 5.82 Å². The summed E-state index contributed by atoms with van der Waals surface area (Å²) in [5, 5.41) is 0. The number of alkyl halides is 2. The van der Waals surface area contributed by atoms with E-state index in [2.05, 4.69) is 6.58 Å². The number of rotatable bonds is 4. The van der Waals surface area contributed by atoms with Gasteiger partial charge in [0.25, 0.3) is 6.43 Å². The fourth-order valence-electron chi connectivity index (χ4n) is 2.78. The molecule has 0 atom stereocenters. The third-order valence-electron chi connectivity index (χ3n) is 3.85. The third kappa shape index (κ3) is 3.13. The lowest BCUT2D eigenvalue weighted by molar-refractivity contribution is 0.123. The van der Waals surface area contributed by atoms with Crippen LogP contribution in [-0.4, -0.2) is 17.9 Å². The molecule has 1 aliphatic rings. The monoisotopic (exact) mass is 327 g/mol. The molecule has 0 aliphatic carbocycles. The van der Waals surface area contributed by atoms with E-state index in [4.69, 9.17) is 0 Å². The van der Waals surface area contributed by atoms with Gasteiger partial charge in [0.05, 0.1) is 12.2 Å². The summed E-state index contributed by atoms with van der Waals surface area (Å²) in [6.07, 6.45) is 0.906. The topological polar surface area (TPSA) is 3.24 Å². The minimum absolute atomic E-state index is 0.280. The Kier molecular flexibility index (Phi) is 4.56. The molecule has 0 aromatic heterocycles. The van der Waals surface area contributed by atoms with Crippen LogP contribution in [-0.2, 0) is 0 Å². The van der Waals surface area contributed by atoms with E-state index in [1.165, 1.54) is 11.0 Å². The minimum Gasteiger partial charge on any atom is -0.335 e. The van der Waals surface area contributed by atoms with Crippen molar-refractivity contribution in [2.75, 3.05) is 6.54 Å². The molecule has 3 rings (SSSR count). The van der Waals surface area contributed by atoms with Crippen molar-refractivity contribution in [3.05, 3.63) is 96.0 Å². The minimum atomic E-state index is -2.56. The molecular formula is C20H16F3N. The van der Waals surface area contributed by atoms with Crippen molar-refractivity contribution in [3.8, 4) is 0 Å². The number of halogens is 3. The first-order chi connectivity index (χ1) is 11.6. The maximum Gasteiger partial charge on any atom is 0.256 e. The van der Waals surface area contributed by atoms with Crippen LogP contribution in [0.5, 0.6) is 0 Å². The van der Waals surface area contributed by atoms with Crippen LogP contribution in [0.2, 0.25) is 0 Å². The first kappa shape index (κ1) is 16.1. The second-order valence-electron chi connectivity index (χ2n) is 5.43. The van der Waals surface area contributed by atoms with Crippen LogP contribution in [0.4, 0.5) is 13.2 Å². The lowest BCUT2D eigenvalue weighted by Gasteiger charge is -2.33. The first-order valence-corrected chi connectivity index (χ1v) is 7.55. The van der Waals surface area contributed by atoms with Gasteiger partial charge < -0.3 is 4.90 Å². The van der Waals surface area contributed by atoms with Crippen LogP contribution in [0.1, 0.15) is 11.1 Å². The molecule has 1 aliphatic heterocycles. The van der Waals surface area contributed by atoms with E-state index in [1.54, 1.807) is 30.4 Å². The second kappa shape index (κ2) is 6.79. The molecule has 0 saturated carbocycles. The Bertz CT molecular complexity index is 807. The summed E-state index contributed by atoms with van der Waals surface area (Å²) in [6, 6.07) is 15.5. The molecule has 0 radical (unpaired) electrons. The molecule has 1 heterocycles. The summed E-state index contributed by atoms with van der Waals surface area (Å²) in [5.74, 6) is -0.455. The molecule has 1 nitrogen and oxygen atoms in total. The van der Waals surface area contributed by atoms with Gasteiger partial charge in [-0.3, -0.25) is 0 Å². The van der Waals surface area contributed by atoms with E-state index in [9.17, 15) is 13.2 Å². The van der Waals surface area contributed by atoms with Crippen molar-refractivity contribution < 1.29 is 13.2 Å². The maximum atomic E-state index is 14.4. The number of hydrogen-bond donors (Lipinski definition) is 0. The number of hydrogen-bond acceptors (Lipinski definition) is 1. The molecule has 0 amide bonds. The summed E-state index contributed by atoms with van der Waals surface area (Å²) in [4.78, 5) is 1.38. The lowest BCUT2D eigenvalue weighted by Crippen LogP contribution is -2.28. The Morgan fingerprint density at radius 3 is 2.25 bits per heavy atom. The molecule has 0 bridgehead atoms. The zero-order valence-electron chi connectivity index (χ0n) is 12.9. The zero-order valence-corrected chi connectivity index (χ0v) is 12.9. The van der Waals surface area contributed by atoms with E-state index in [0.29, 0.717) is 17.0 Å². The summed E-state index contributed by atoms with van der Waals surface area (Å²) in [5.41, 5.74) is 2.62. The highest BCUT2D eigenvalue weighted by Gasteiger charge is 2.26. The van der Waals surface area contributed by atoms with E-state index in [0.717, 1.165) is 5.56 Å². The molecule has 2 aromatic carbocycles. The molecule has 0 N–H and O–H groups in total. The van der Waals surface area contributed by atoms with Crippen LogP contribution < -0.4 is 0 Å². The predicted molar refractivity (Wildman–Crippen MR) is 90.6 cm³/mol. The Hall–Kier alpha value is -2.75. The van der Waals surface area contributed by atoms with Gasteiger partial charge in [-0.1, -0.05) is 55.1 Å². The van der Waals surface area contributed by atoms with Crippen LogP contribution in [0.3, 0.4) is 0 Å². The molecule has 24 heavy (non-hydrogen) atoms. The number of nitrogens with zero attached hydrogens (tertiary/aromatic N) is 1. The molecule has 0 fully saturated rings. The fourth-order valence-corrected chi connectivity index (χ4v) is 2.78. The summed E-state index contributed by atoms with van der Waals surface area (Å²) in [6.45, 7) is 3.29. The lowest BCUT2D eigenvalue weighted by atomic mass is 9.94. The molecular weight excluding hydrogens is 311 g/mol. The highest BCUT2D eigenvalue weighted by atomic mass is 19.3. The van der Waals surface area contributed by atoms with Gasteiger partial charge in [-0.25, -0.2) is 13.2 Å². The molecule has 0 spiro atoms. The Morgan fingerprint density at radius 1 is 0.917 bits per heavy atom. The first-order valence-electron chi connectivity index (χ1n) is 7.55. The van der Waals surface area contributed by atoms with Gasteiger partial charge in [0, 0.05) is 16.8 Å². The van der Waals surface area contributed by atoms with Gasteiger partial charge in [-0.15, -0.1) is 0 Å². The van der Waals surface area contributed by atoms with Gasteiger partial charge in [-0.05, 0) is 23.8 Å². The molecule has 0 unspecified atom stereocenters. The van der Waals surface area contributed by atoms with Crippen LogP contribution in [0.25, 0.3) is 11.3 Å². The van der Waals surface area contributed by atoms with E-state index in [1.807, 2.05) is 30.3 Å². The van der Waals surface area contributed by atoms with Crippen molar-refractivity contribution >= 4 is 11.3 Å². The van der Waals surface area contributed by atoms with Gasteiger partial charge in [0.2, 0.25) is 0 Å². The molecule has 0 saturated heterocycles. The normalized spacial score (nSPS) is 14.7. The number of allylic oxidation sites excluding steroid dienone is 3. The van der Waals surface area contributed by atoms with Gasteiger partial charge >= 0.3 is 0 Å².